The molecule has 2 atom stereocenters. The molecule has 2 aromatic heterocycles. The molecule has 0 radical (unpaired) electrons. The standard InChI is InChI=1S/C18H17N5O5/c1-21-14-13(15(24)22(2)17(21)26)23(9-19-14)7-10-8-27-18(28-10)11-5-3-4-6-12(11)20-16(18)25/h3-6,9-10H,7-8H2,1-2H3,(H,20,25)/t10-,18-/m0/s1. The number of carbonyl (C=O) groups excluding carboxylic acids is 1. The molecule has 0 unspecified atom stereocenters. The van der Waals surface area contributed by atoms with Crippen LogP contribution in [0.1, 0.15) is 5.56 Å². The number of aromatic nitrogens is 4. The van der Waals surface area contributed by atoms with Gasteiger partial charge in [-0.2, -0.15) is 0 Å². The molecule has 5 rings (SSSR count). The molecule has 2 aliphatic rings. The van der Waals surface area contributed by atoms with Crippen molar-refractivity contribution in [1.29, 1.82) is 0 Å². The third kappa shape index (κ3) is 2.09. The van der Waals surface area contributed by atoms with Crippen molar-refractivity contribution in [2.45, 2.75) is 18.4 Å². The van der Waals surface area contributed by atoms with E-state index in [4.69, 9.17) is 9.47 Å². The number of rotatable bonds is 2. The van der Waals surface area contributed by atoms with Gasteiger partial charge in [-0.25, -0.2) is 9.78 Å². The van der Waals surface area contributed by atoms with Gasteiger partial charge < -0.3 is 19.4 Å². The first kappa shape index (κ1) is 16.9. The molecule has 1 N–H and O–H groups in total. The Kier molecular flexibility index (Phi) is 3.40. The van der Waals surface area contributed by atoms with Crippen LogP contribution in [0.25, 0.3) is 11.2 Å². The van der Waals surface area contributed by atoms with E-state index < -0.39 is 23.1 Å². The number of carbonyl (C=O) groups is 1. The summed E-state index contributed by atoms with van der Waals surface area (Å²) in [6.07, 6.45) is 1.01. The van der Waals surface area contributed by atoms with Crippen LogP contribution in [0.3, 0.4) is 0 Å². The highest BCUT2D eigenvalue weighted by atomic mass is 16.8. The third-order valence-electron chi connectivity index (χ3n) is 5.25. The quantitative estimate of drug-likeness (QED) is 0.648. The monoisotopic (exact) mass is 383 g/mol. The lowest BCUT2D eigenvalue weighted by atomic mass is 10.1. The molecule has 3 aromatic rings. The van der Waals surface area contributed by atoms with E-state index in [2.05, 4.69) is 10.3 Å². The van der Waals surface area contributed by atoms with Crippen LogP contribution in [-0.4, -0.2) is 37.3 Å². The Morgan fingerprint density at radius 1 is 1.21 bits per heavy atom. The van der Waals surface area contributed by atoms with Crippen LogP contribution in [0.5, 0.6) is 0 Å². The van der Waals surface area contributed by atoms with Crippen LogP contribution in [0, 0.1) is 0 Å². The van der Waals surface area contributed by atoms with Crippen molar-refractivity contribution < 1.29 is 14.3 Å². The normalized spacial score (nSPS) is 23.5. The lowest BCUT2D eigenvalue weighted by Crippen LogP contribution is -2.38. The summed E-state index contributed by atoms with van der Waals surface area (Å²) in [5.41, 5.74) is 1.01. The second-order valence-corrected chi connectivity index (χ2v) is 6.94. The van der Waals surface area contributed by atoms with Gasteiger partial charge in [0.1, 0.15) is 6.10 Å². The van der Waals surface area contributed by atoms with Gasteiger partial charge >= 0.3 is 5.69 Å². The smallest absolute Gasteiger partial charge is 0.332 e. The zero-order chi connectivity index (χ0) is 19.6. The maximum absolute atomic E-state index is 12.6. The summed E-state index contributed by atoms with van der Waals surface area (Å²) in [5.74, 6) is -1.85. The molecule has 28 heavy (non-hydrogen) atoms. The van der Waals surface area contributed by atoms with Crippen molar-refractivity contribution in [1.82, 2.24) is 18.7 Å². The second kappa shape index (κ2) is 5.63. The van der Waals surface area contributed by atoms with Crippen molar-refractivity contribution in [3.63, 3.8) is 0 Å². The molecule has 1 spiro atoms. The molecule has 1 saturated heterocycles. The Morgan fingerprint density at radius 3 is 2.82 bits per heavy atom. The van der Waals surface area contributed by atoms with Crippen molar-refractivity contribution >= 4 is 22.8 Å². The first-order chi connectivity index (χ1) is 13.4. The van der Waals surface area contributed by atoms with Gasteiger partial charge in [-0.1, -0.05) is 18.2 Å². The van der Waals surface area contributed by atoms with Crippen molar-refractivity contribution in [2.24, 2.45) is 14.1 Å². The van der Waals surface area contributed by atoms with E-state index in [-0.39, 0.29) is 19.1 Å². The minimum atomic E-state index is -1.48. The molecule has 1 amide bonds. The van der Waals surface area contributed by atoms with Crippen LogP contribution in [0.2, 0.25) is 0 Å². The van der Waals surface area contributed by atoms with Crippen LogP contribution < -0.4 is 16.6 Å². The summed E-state index contributed by atoms with van der Waals surface area (Å²) in [6, 6.07) is 7.21. The highest BCUT2D eigenvalue weighted by Gasteiger charge is 2.55. The molecule has 10 nitrogen and oxygen atoms in total. The second-order valence-electron chi connectivity index (χ2n) is 6.94. The average molecular weight is 383 g/mol. The van der Waals surface area contributed by atoms with Crippen LogP contribution in [0.4, 0.5) is 5.69 Å². The fraction of sp³-hybridized carbons (Fsp3) is 0.333. The van der Waals surface area contributed by atoms with Gasteiger partial charge in [-0.3, -0.25) is 18.7 Å². The molecule has 144 valence electrons. The van der Waals surface area contributed by atoms with E-state index in [1.807, 2.05) is 12.1 Å². The minimum Gasteiger partial charge on any atom is -0.336 e. The molecule has 0 saturated carbocycles. The number of hydrogen-bond acceptors (Lipinski definition) is 6. The first-order valence-electron chi connectivity index (χ1n) is 8.76. The highest BCUT2D eigenvalue weighted by Crippen LogP contribution is 2.43. The number of ether oxygens (including phenoxy) is 2. The number of para-hydroxylation sites is 1. The summed E-state index contributed by atoms with van der Waals surface area (Å²) >= 11 is 0. The molecule has 0 bridgehead atoms. The van der Waals surface area contributed by atoms with E-state index in [1.165, 1.54) is 17.9 Å². The molecule has 4 heterocycles. The van der Waals surface area contributed by atoms with Crippen molar-refractivity contribution in [3.8, 4) is 0 Å². The van der Waals surface area contributed by atoms with Gasteiger partial charge in [0, 0.05) is 19.7 Å². The van der Waals surface area contributed by atoms with E-state index in [9.17, 15) is 14.4 Å². The molecular weight excluding hydrogens is 366 g/mol. The first-order valence-corrected chi connectivity index (χ1v) is 8.76. The van der Waals surface area contributed by atoms with Crippen LogP contribution in [0.15, 0.2) is 40.2 Å². The van der Waals surface area contributed by atoms with Gasteiger partial charge in [0.05, 0.1) is 25.2 Å². The lowest BCUT2D eigenvalue weighted by Gasteiger charge is -2.20. The van der Waals surface area contributed by atoms with Crippen molar-refractivity contribution in [3.05, 3.63) is 57.0 Å². The lowest BCUT2D eigenvalue weighted by molar-refractivity contribution is -0.184. The van der Waals surface area contributed by atoms with Crippen LogP contribution in [-0.2, 0) is 40.7 Å². The van der Waals surface area contributed by atoms with Crippen molar-refractivity contribution in [2.75, 3.05) is 11.9 Å². The molecule has 2 aliphatic heterocycles. The van der Waals surface area contributed by atoms with Gasteiger partial charge in [0.25, 0.3) is 17.3 Å². The Morgan fingerprint density at radius 2 is 2.00 bits per heavy atom. The SMILES string of the molecule is Cn1c(=O)c2c(ncn2C[C@H]2CO[C@@]3(O2)C(=O)Nc2ccccc23)n(C)c1=O. The molecule has 1 fully saturated rings. The Labute approximate surface area is 157 Å². The maximum atomic E-state index is 12.6. The van der Waals surface area contributed by atoms with Gasteiger partial charge in [0.2, 0.25) is 0 Å². The highest BCUT2D eigenvalue weighted by molar-refractivity contribution is 6.04. The zero-order valence-corrected chi connectivity index (χ0v) is 15.2. The number of hydrogen-bond donors (Lipinski definition) is 1. The fourth-order valence-corrected chi connectivity index (χ4v) is 3.82. The average Bonchev–Trinajstić information content (AvgIpc) is 3.37. The Hall–Kier alpha value is -3.24. The summed E-state index contributed by atoms with van der Waals surface area (Å²) in [7, 11) is 2.98. The van der Waals surface area contributed by atoms with Crippen LogP contribution >= 0.6 is 0 Å². The fourth-order valence-electron chi connectivity index (χ4n) is 3.82. The molecular formula is C18H17N5O5. The predicted octanol–water partition coefficient (Wildman–Crippen LogP) is -0.346. The number of nitrogens with one attached hydrogen (secondary N) is 1. The largest absolute Gasteiger partial charge is 0.336 e. The number of imidazole rings is 1. The van der Waals surface area contributed by atoms with Gasteiger partial charge in [-0.05, 0) is 6.07 Å². The molecule has 10 heteroatoms. The number of aryl methyl sites for hydroxylation is 1. The zero-order valence-electron chi connectivity index (χ0n) is 15.2. The minimum absolute atomic E-state index is 0.174. The summed E-state index contributed by atoms with van der Waals surface area (Å²) in [5, 5.41) is 2.77. The van der Waals surface area contributed by atoms with E-state index >= 15 is 0 Å². The van der Waals surface area contributed by atoms with E-state index in [0.29, 0.717) is 22.4 Å². The van der Waals surface area contributed by atoms with E-state index in [1.54, 1.807) is 23.7 Å². The summed E-state index contributed by atoms with van der Waals surface area (Å²) in [6.45, 7) is 0.425. The topological polar surface area (TPSA) is 109 Å². The summed E-state index contributed by atoms with van der Waals surface area (Å²) < 4.78 is 15.8. The summed E-state index contributed by atoms with van der Waals surface area (Å²) in [4.78, 5) is 41.4. The molecule has 1 aromatic carbocycles. The number of nitrogens with zero attached hydrogens (tertiary/aromatic N) is 4. The molecule has 0 aliphatic carbocycles. The maximum Gasteiger partial charge on any atom is 0.332 e. The van der Waals surface area contributed by atoms with E-state index in [0.717, 1.165) is 4.57 Å². The Bertz CT molecular complexity index is 1260. The third-order valence-corrected chi connectivity index (χ3v) is 5.25. The van der Waals surface area contributed by atoms with Gasteiger partial charge in [0.15, 0.2) is 11.2 Å². The number of fused-ring (bicyclic) bond motifs is 3. The number of benzene rings is 1. The number of anilines is 1. The predicted molar refractivity (Wildman–Crippen MR) is 97.8 cm³/mol. The Balaban J connectivity index is 1.51. The van der Waals surface area contributed by atoms with Gasteiger partial charge in [-0.15, -0.1) is 0 Å². The number of amides is 1.